The van der Waals surface area contributed by atoms with E-state index in [-0.39, 0.29) is 24.4 Å². The normalized spacial score (nSPS) is 10.7. The summed E-state index contributed by atoms with van der Waals surface area (Å²) in [4.78, 5) is 12.9. The van der Waals surface area contributed by atoms with E-state index >= 15 is 0 Å². The highest BCUT2D eigenvalue weighted by atomic mass is 19.3. The number of alkyl halides is 2. The highest BCUT2D eigenvalue weighted by molar-refractivity contribution is 5.99. The largest absolute Gasteiger partial charge is 0.398 e. The van der Waals surface area contributed by atoms with E-state index in [0.29, 0.717) is 0 Å². The predicted octanol–water partition coefficient (Wildman–Crippen LogP) is 1.28. The zero-order chi connectivity index (χ0) is 13.7. The summed E-state index contributed by atoms with van der Waals surface area (Å²) < 4.78 is 24.7. The predicted molar refractivity (Wildman–Crippen MR) is 64.6 cm³/mol. The average molecular weight is 258 g/mol. The zero-order valence-corrected chi connectivity index (χ0v) is 10.1. The maximum Gasteiger partial charge on any atom is 0.256 e. The van der Waals surface area contributed by atoms with Crippen molar-refractivity contribution in [1.82, 2.24) is 4.90 Å². The maximum atomic E-state index is 12.4. The second-order valence-corrected chi connectivity index (χ2v) is 3.96. The Balaban J connectivity index is 2.97. The van der Waals surface area contributed by atoms with Crippen LogP contribution in [0.15, 0.2) is 18.2 Å². The number of anilines is 1. The molecule has 1 aromatic rings. The van der Waals surface area contributed by atoms with Crippen molar-refractivity contribution in [3.8, 4) is 0 Å². The second kappa shape index (κ2) is 6.30. The van der Waals surface area contributed by atoms with Crippen molar-refractivity contribution in [1.29, 1.82) is 0 Å². The molecule has 0 saturated heterocycles. The number of nitrogens with zero attached hydrogens (tertiary/aromatic N) is 1. The van der Waals surface area contributed by atoms with Crippen LogP contribution in [0.2, 0.25) is 0 Å². The molecule has 100 valence electrons. The third kappa shape index (κ3) is 3.66. The van der Waals surface area contributed by atoms with Crippen LogP contribution in [0.25, 0.3) is 0 Å². The van der Waals surface area contributed by atoms with Gasteiger partial charge in [-0.1, -0.05) is 11.6 Å². The Morgan fingerprint density at radius 3 is 2.72 bits per heavy atom. The highest BCUT2D eigenvalue weighted by Gasteiger charge is 2.21. The minimum Gasteiger partial charge on any atom is -0.398 e. The van der Waals surface area contributed by atoms with E-state index in [1.54, 1.807) is 25.1 Å². The first kappa shape index (κ1) is 14.4. The lowest BCUT2D eigenvalue weighted by Crippen LogP contribution is -2.37. The molecule has 0 bridgehead atoms. The Hall–Kier alpha value is -1.69. The Labute approximate surface area is 104 Å². The van der Waals surface area contributed by atoms with E-state index in [4.69, 9.17) is 10.8 Å². The zero-order valence-electron chi connectivity index (χ0n) is 10.1. The number of hydrogen-bond acceptors (Lipinski definition) is 3. The van der Waals surface area contributed by atoms with Crippen LogP contribution in [0.5, 0.6) is 0 Å². The summed E-state index contributed by atoms with van der Waals surface area (Å²) >= 11 is 0. The Morgan fingerprint density at radius 2 is 2.17 bits per heavy atom. The van der Waals surface area contributed by atoms with E-state index < -0.39 is 18.9 Å². The van der Waals surface area contributed by atoms with Gasteiger partial charge in [-0.15, -0.1) is 0 Å². The molecule has 6 heteroatoms. The molecule has 0 aliphatic heterocycles. The number of aliphatic hydroxyl groups is 1. The van der Waals surface area contributed by atoms with Crippen LogP contribution in [0.3, 0.4) is 0 Å². The van der Waals surface area contributed by atoms with Crippen molar-refractivity contribution in [2.45, 2.75) is 13.3 Å². The third-order valence-corrected chi connectivity index (χ3v) is 2.45. The van der Waals surface area contributed by atoms with Crippen LogP contribution in [0.1, 0.15) is 15.9 Å². The summed E-state index contributed by atoms with van der Waals surface area (Å²) in [6, 6.07) is 4.84. The van der Waals surface area contributed by atoms with E-state index in [1.807, 2.05) is 0 Å². The monoisotopic (exact) mass is 258 g/mol. The number of nitrogens with two attached hydrogens (primary N) is 1. The van der Waals surface area contributed by atoms with Gasteiger partial charge in [-0.2, -0.15) is 0 Å². The SMILES string of the molecule is Cc1ccc(N)c(C(=O)N(CCO)CC(F)F)c1. The molecule has 1 aromatic carbocycles. The van der Waals surface area contributed by atoms with Gasteiger partial charge in [0, 0.05) is 12.2 Å². The smallest absolute Gasteiger partial charge is 0.256 e. The molecule has 0 fully saturated rings. The molecular weight excluding hydrogens is 242 g/mol. The molecule has 0 saturated carbocycles. The maximum absolute atomic E-state index is 12.4. The molecule has 4 nitrogen and oxygen atoms in total. The molecule has 0 aliphatic carbocycles. The summed E-state index contributed by atoms with van der Waals surface area (Å²) in [5.74, 6) is -0.592. The number of benzene rings is 1. The van der Waals surface area contributed by atoms with Crippen LogP contribution >= 0.6 is 0 Å². The van der Waals surface area contributed by atoms with Crippen LogP contribution in [0.4, 0.5) is 14.5 Å². The molecule has 0 atom stereocenters. The number of halogens is 2. The molecule has 0 radical (unpaired) electrons. The fourth-order valence-electron chi connectivity index (χ4n) is 1.59. The Morgan fingerprint density at radius 1 is 1.50 bits per heavy atom. The van der Waals surface area contributed by atoms with Crippen LogP contribution < -0.4 is 5.73 Å². The van der Waals surface area contributed by atoms with Gasteiger partial charge in [-0.05, 0) is 19.1 Å². The first-order valence-corrected chi connectivity index (χ1v) is 5.50. The number of carbonyl (C=O) groups excluding carboxylic acids is 1. The van der Waals surface area contributed by atoms with Crippen LogP contribution in [-0.2, 0) is 0 Å². The van der Waals surface area contributed by atoms with E-state index in [2.05, 4.69) is 0 Å². The number of nitrogen functional groups attached to an aromatic ring is 1. The van der Waals surface area contributed by atoms with Crippen molar-refractivity contribution in [3.63, 3.8) is 0 Å². The van der Waals surface area contributed by atoms with Gasteiger partial charge >= 0.3 is 0 Å². The number of hydrogen-bond donors (Lipinski definition) is 2. The summed E-state index contributed by atoms with van der Waals surface area (Å²) in [5, 5.41) is 8.80. The molecule has 0 spiro atoms. The standard InChI is InChI=1S/C12H16F2N2O2/c1-8-2-3-10(15)9(6-8)12(18)16(4-5-17)7-11(13)14/h2-3,6,11,17H,4-5,7,15H2,1H3. The van der Waals surface area contributed by atoms with Crippen LogP contribution in [0, 0.1) is 6.92 Å². The van der Waals surface area contributed by atoms with E-state index in [0.717, 1.165) is 10.5 Å². The van der Waals surface area contributed by atoms with Gasteiger partial charge in [0.25, 0.3) is 12.3 Å². The summed E-state index contributed by atoms with van der Waals surface area (Å²) in [6.45, 7) is 0.549. The van der Waals surface area contributed by atoms with Gasteiger partial charge in [0.2, 0.25) is 0 Å². The lowest BCUT2D eigenvalue weighted by atomic mass is 10.1. The minimum atomic E-state index is -2.65. The Bertz CT molecular complexity index is 425. The number of amides is 1. The molecular formula is C12H16F2N2O2. The number of carbonyl (C=O) groups is 1. The number of aryl methyl sites for hydroxylation is 1. The molecule has 3 N–H and O–H groups in total. The van der Waals surface area contributed by atoms with Crippen molar-refractivity contribution in [2.75, 3.05) is 25.4 Å². The molecule has 0 unspecified atom stereocenters. The van der Waals surface area contributed by atoms with Gasteiger partial charge in [0.1, 0.15) is 0 Å². The van der Waals surface area contributed by atoms with Gasteiger partial charge < -0.3 is 15.7 Å². The first-order chi connectivity index (χ1) is 8.45. The topological polar surface area (TPSA) is 66.6 Å². The van der Waals surface area contributed by atoms with Gasteiger partial charge in [0.05, 0.1) is 18.7 Å². The van der Waals surface area contributed by atoms with Crippen molar-refractivity contribution in [2.24, 2.45) is 0 Å². The minimum absolute atomic E-state index is 0.142. The Kier molecular flexibility index (Phi) is 5.03. The van der Waals surface area contributed by atoms with Gasteiger partial charge in [-0.3, -0.25) is 4.79 Å². The van der Waals surface area contributed by atoms with Crippen molar-refractivity contribution >= 4 is 11.6 Å². The summed E-state index contributed by atoms with van der Waals surface area (Å²) in [7, 11) is 0. The number of aliphatic hydroxyl groups excluding tert-OH is 1. The third-order valence-electron chi connectivity index (χ3n) is 2.45. The molecule has 1 rings (SSSR count). The molecule has 18 heavy (non-hydrogen) atoms. The summed E-state index contributed by atoms with van der Waals surface area (Å²) in [6.07, 6.45) is -2.65. The fraction of sp³-hybridized carbons (Fsp3) is 0.417. The average Bonchev–Trinajstić information content (AvgIpc) is 2.30. The summed E-state index contributed by atoms with van der Waals surface area (Å²) in [5.41, 5.74) is 6.89. The van der Waals surface area contributed by atoms with Crippen molar-refractivity contribution < 1.29 is 18.7 Å². The van der Waals surface area contributed by atoms with E-state index in [1.165, 1.54) is 0 Å². The van der Waals surface area contributed by atoms with Crippen molar-refractivity contribution in [3.05, 3.63) is 29.3 Å². The highest BCUT2D eigenvalue weighted by Crippen LogP contribution is 2.16. The lowest BCUT2D eigenvalue weighted by Gasteiger charge is -2.22. The van der Waals surface area contributed by atoms with Crippen LogP contribution in [-0.4, -0.2) is 42.0 Å². The first-order valence-electron chi connectivity index (χ1n) is 5.50. The van der Waals surface area contributed by atoms with E-state index in [9.17, 15) is 13.6 Å². The quantitative estimate of drug-likeness (QED) is 0.782. The molecule has 0 aromatic heterocycles. The molecule has 1 amide bonds. The van der Waals surface area contributed by atoms with Gasteiger partial charge in [0.15, 0.2) is 0 Å². The molecule has 0 aliphatic rings. The van der Waals surface area contributed by atoms with Gasteiger partial charge in [-0.25, -0.2) is 8.78 Å². The number of rotatable bonds is 5. The second-order valence-electron chi connectivity index (χ2n) is 3.96. The lowest BCUT2D eigenvalue weighted by molar-refractivity contribution is 0.0510. The fourth-order valence-corrected chi connectivity index (χ4v) is 1.59. The molecule has 0 heterocycles.